The van der Waals surface area contributed by atoms with E-state index in [9.17, 15) is 0 Å². The summed E-state index contributed by atoms with van der Waals surface area (Å²) in [5, 5.41) is 0. The van der Waals surface area contributed by atoms with Crippen molar-refractivity contribution in [1.82, 2.24) is 0 Å². The third-order valence-electron chi connectivity index (χ3n) is 8.07. The van der Waals surface area contributed by atoms with Crippen LogP contribution in [0.5, 0.6) is 0 Å². The van der Waals surface area contributed by atoms with Gasteiger partial charge in [-0.05, 0) is 177 Å². The molecule has 0 aromatic heterocycles. The smallest absolute Gasteiger partial charge is 0.188 e. The van der Waals surface area contributed by atoms with E-state index in [4.69, 9.17) is 49.3 Å². The molecule has 2 aliphatic rings. The van der Waals surface area contributed by atoms with Crippen LogP contribution in [0.2, 0.25) is 177 Å². The maximum Gasteiger partial charge on any atom is 0.188 e. The fourth-order valence-electron chi connectivity index (χ4n) is 7.08. The van der Waals surface area contributed by atoms with Gasteiger partial charge in [0.05, 0.1) is 0 Å². The zero-order chi connectivity index (χ0) is 45.6. The predicted molar refractivity (Wildman–Crippen MR) is 264 cm³/mol. The molecule has 1 aliphatic heterocycles. The van der Waals surface area contributed by atoms with Gasteiger partial charge in [0.25, 0.3) is 0 Å². The molecule has 20 heteroatoms. The maximum absolute atomic E-state index is 7.67. The SMILES string of the molecule is C[Si](C)(C)OC1[C@@H](O[Si](C)(C)C)[C@@H](O[Si](C)(C)C)C(O[C@@H]2O[C@@H](O[Si](C)(C)C)[C@@H](O[Si](C)(C)C)[C@@H](O[Si](C)(C)C)[C@@H]2O[Si](C)(C)C)[C@H](O[Si](C)(C)C)[C@H]1O[Si](C)(C)C. The molecule has 2 unspecified atom stereocenters. The van der Waals surface area contributed by atoms with Crippen molar-refractivity contribution in [3.63, 3.8) is 0 Å². The average Bonchev–Trinajstić information content (AvgIpc) is 2.88. The molecular weight excluding hydrogens is 885 g/mol. The summed E-state index contributed by atoms with van der Waals surface area (Å²) in [6.07, 6.45) is -6.47. The highest BCUT2D eigenvalue weighted by molar-refractivity contribution is 6.73. The summed E-state index contributed by atoms with van der Waals surface area (Å²) in [5.74, 6) is 0. The first-order valence-corrected chi connectivity index (χ1v) is 52.4. The minimum atomic E-state index is -2.28. The molecule has 2 rings (SSSR count). The van der Waals surface area contributed by atoms with Crippen molar-refractivity contribution in [2.24, 2.45) is 0 Å². The molecule has 0 spiro atoms. The first-order chi connectivity index (χ1) is 25.3. The molecule has 58 heavy (non-hydrogen) atoms. The molecule has 1 heterocycles. The van der Waals surface area contributed by atoms with E-state index in [1.165, 1.54) is 0 Å². The molecule has 11 atom stereocenters. The summed E-state index contributed by atoms with van der Waals surface area (Å²) in [5.41, 5.74) is 0. The topological polar surface area (TPSA) is 102 Å². The van der Waals surface area contributed by atoms with Crippen LogP contribution >= 0.6 is 0 Å². The van der Waals surface area contributed by atoms with Crippen LogP contribution in [0.25, 0.3) is 0 Å². The molecule has 0 bridgehead atoms. The van der Waals surface area contributed by atoms with Crippen molar-refractivity contribution >= 4 is 74.9 Å². The maximum atomic E-state index is 7.67. The van der Waals surface area contributed by atoms with E-state index in [1.807, 2.05) is 0 Å². The van der Waals surface area contributed by atoms with E-state index in [0.717, 1.165) is 0 Å². The van der Waals surface area contributed by atoms with Crippen molar-refractivity contribution in [1.29, 1.82) is 0 Å². The highest BCUT2D eigenvalue weighted by atomic mass is 28.4. The monoisotopic (exact) mass is 976 g/mol. The second-order valence-corrected chi connectivity index (χ2v) is 65.4. The zero-order valence-corrected chi connectivity index (χ0v) is 51.3. The standard InChI is InChI=1S/C38H92O11Si9/c1-50(2,3)41-29-28(30(42-51(4,5)6)32(44-53(10,11)12)33(45-54(13,14)15)31(29)43-52(7,8)9)39-37-35(47-56(19,20)21)34(46-55(16,17)18)36(48-57(22,23)24)38(40-37)49-58(25,26)27/h28-38H,1-27H3/t28?,29-,30-,31-,32+,33?,34-,35-,36-,37+,38-/m0/s1. The van der Waals surface area contributed by atoms with Crippen LogP contribution in [0.4, 0.5) is 0 Å². The number of hydrogen-bond donors (Lipinski definition) is 0. The Balaban J connectivity index is 3.13. The van der Waals surface area contributed by atoms with Crippen molar-refractivity contribution in [3.05, 3.63) is 0 Å². The van der Waals surface area contributed by atoms with Gasteiger partial charge in [-0.25, -0.2) is 0 Å². The minimum absolute atomic E-state index is 0.436. The van der Waals surface area contributed by atoms with Crippen LogP contribution < -0.4 is 0 Å². The normalized spacial score (nSPS) is 31.8. The summed E-state index contributed by atoms with van der Waals surface area (Å²) in [7, 11) is -20.0. The lowest BCUT2D eigenvalue weighted by molar-refractivity contribution is -0.352. The lowest BCUT2D eigenvalue weighted by Gasteiger charge is -2.57. The van der Waals surface area contributed by atoms with Crippen LogP contribution in [0, 0.1) is 0 Å². The van der Waals surface area contributed by atoms with Crippen molar-refractivity contribution in [3.8, 4) is 0 Å². The van der Waals surface area contributed by atoms with Crippen molar-refractivity contribution in [2.45, 2.75) is 244 Å². The molecule has 0 amide bonds. The predicted octanol–water partition coefficient (Wildman–Crippen LogP) is 10.7. The summed E-state index contributed by atoms with van der Waals surface area (Å²) >= 11 is 0. The van der Waals surface area contributed by atoms with Gasteiger partial charge >= 0.3 is 0 Å². The van der Waals surface area contributed by atoms with E-state index < -0.39 is 142 Å². The van der Waals surface area contributed by atoms with Gasteiger partial charge in [-0.3, -0.25) is 0 Å². The van der Waals surface area contributed by atoms with Crippen LogP contribution in [0.3, 0.4) is 0 Å². The number of rotatable bonds is 20. The molecule has 0 aromatic rings. The van der Waals surface area contributed by atoms with E-state index in [0.29, 0.717) is 0 Å². The molecule has 346 valence electrons. The van der Waals surface area contributed by atoms with Crippen LogP contribution in [-0.4, -0.2) is 142 Å². The van der Waals surface area contributed by atoms with Crippen molar-refractivity contribution < 1.29 is 49.3 Å². The van der Waals surface area contributed by atoms with E-state index in [2.05, 4.69) is 177 Å². The van der Waals surface area contributed by atoms with Crippen LogP contribution in [0.1, 0.15) is 0 Å². The lowest BCUT2D eigenvalue weighted by atomic mass is 9.84. The lowest BCUT2D eigenvalue weighted by Crippen LogP contribution is -2.74. The minimum Gasteiger partial charge on any atom is -0.409 e. The molecule has 1 aliphatic carbocycles. The Bertz CT molecular complexity index is 1240. The fourth-order valence-corrected chi connectivity index (χ4v) is 16.6. The first-order valence-electron chi connectivity index (χ1n) is 21.7. The fraction of sp³-hybridized carbons (Fsp3) is 1.00. The molecule has 0 radical (unpaired) electrons. The Labute approximate surface area is 366 Å². The Morgan fingerprint density at radius 2 is 0.379 bits per heavy atom. The van der Waals surface area contributed by atoms with E-state index in [1.54, 1.807) is 0 Å². The Morgan fingerprint density at radius 3 is 0.603 bits per heavy atom. The van der Waals surface area contributed by atoms with Gasteiger partial charge in [0, 0.05) is 0 Å². The van der Waals surface area contributed by atoms with Gasteiger partial charge in [-0.1, -0.05) is 0 Å². The van der Waals surface area contributed by atoms with Gasteiger partial charge in [0.2, 0.25) is 0 Å². The van der Waals surface area contributed by atoms with Gasteiger partial charge < -0.3 is 49.3 Å². The molecule has 2 fully saturated rings. The average molecular weight is 978 g/mol. The summed E-state index contributed by atoms with van der Waals surface area (Å²) in [6, 6.07) is 0. The van der Waals surface area contributed by atoms with Gasteiger partial charge in [-0.2, -0.15) is 0 Å². The third-order valence-corrected chi connectivity index (χ3v) is 16.8. The molecule has 0 aromatic carbocycles. The summed E-state index contributed by atoms with van der Waals surface area (Å²) in [6.45, 7) is 59.9. The second kappa shape index (κ2) is 19.5. The van der Waals surface area contributed by atoms with Crippen LogP contribution in [-0.2, 0) is 49.3 Å². The second-order valence-electron chi connectivity index (χ2n) is 25.3. The van der Waals surface area contributed by atoms with E-state index >= 15 is 0 Å². The largest absolute Gasteiger partial charge is 0.409 e. The van der Waals surface area contributed by atoms with E-state index in [-0.39, 0.29) is 0 Å². The number of hydrogen-bond acceptors (Lipinski definition) is 11. The third kappa shape index (κ3) is 20.6. The quantitative estimate of drug-likeness (QED) is 0.109. The van der Waals surface area contributed by atoms with Gasteiger partial charge in [0.1, 0.15) is 54.9 Å². The Morgan fingerprint density at radius 1 is 0.207 bits per heavy atom. The summed E-state index contributed by atoms with van der Waals surface area (Å²) < 4.78 is 80.0. The molecule has 11 nitrogen and oxygen atoms in total. The highest BCUT2D eigenvalue weighted by Gasteiger charge is 2.61. The van der Waals surface area contributed by atoms with Gasteiger partial charge in [-0.15, -0.1) is 0 Å². The number of ether oxygens (including phenoxy) is 2. The highest BCUT2D eigenvalue weighted by Crippen LogP contribution is 2.43. The van der Waals surface area contributed by atoms with Crippen molar-refractivity contribution in [2.75, 3.05) is 0 Å². The molecular formula is C38H92O11Si9. The first kappa shape index (κ1) is 55.6. The Hall–Kier alpha value is 1.51. The zero-order valence-electron chi connectivity index (χ0n) is 42.3. The molecule has 1 saturated heterocycles. The molecule has 1 saturated carbocycles. The Kier molecular flexibility index (Phi) is 18.7. The van der Waals surface area contributed by atoms with Gasteiger partial charge in [0.15, 0.2) is 87.4 Å². The summed E-state index contributed by atoms with van der Waals surface area (Å²) in [4.78, 5) is 0. The van der Waals surface area contributed by atoms with Crippen LogP contribution in [0.15, 0.2) is 0 Å². The molecule has 0 N–H and O–H groups in total.